The third-order valence-corrected chi connectivity index (χ3v) is 7.46. The number of carbonyl (C=O) groups is 5. The Morgan fingerprint density at radius 1 is 1.03 bits per heavy atom. The van der Waals surface area contributed by atoms with Gasteiger partial charge < -0.3 is 26.0 Å². The topological polar surface area (TPSA) is 145 Å². The van der Waals surface area contributed by atoms with Crippen LogP contribution in [0, 0.1) is 10.8 Å². The van der Waals surface area contributed by atoms with Crippen LogP contribution in [0.15, 0.2) is 0 Å². The number of carbonyl (C=O) groups excluding carboxylic acids is 4. The SMILES string of the molecule is CCNC(=O)C(=O)C(CCC(C)(F)F)NC(=O)C1CC2(CCCCC2)CN1C(=O)C(NC(=O)O)C(C)(C)C. The van der Waals surface area contributed by atoms with Crippen LogP contribution in [0.5, 0.6) is 0 Å². The van der Waals surface area contributed by atoms with Gasteiger partial charge in [-0.15, -0.1) is 0 Å². The standard InChI is InChI=1S/C26H42F2N4O6/c1-6-29-21(35)18(33)16(10-13-25(5,27)28)30-20(34)17-14-26(11-8-7-9-12-26)15-32(17)22(36)19(24(2,3)4)31-23(37)38/h16-17,19,31H,6-15H2,1-5H3,(H,29,35)(H,30,34)(H,37,38). The molecule has 1 aliphatic heterocycles. The van der Waals surface area contributed by atoms with E-state index in [2.05, 4.69) is 16.0 Å². The molecule has 2 aliphatic rings. The van der Waals surface area contributed by atoms with Crippen molar-refractivity contribution in [2.75, 3.05) is 13.1 Å². The molecule has 3 atom stereocenters. The fourth-order valence-electron chi connectivity index (χ4n) is 5.46. The number of nitrogens with zero attached hydrogens (tertiary/aromatic N) is 1. The third-order valence-electron chi connectivity index (χ3n) is 7.46. The second-order valence-electron chi connectivity index (χ2n) is 11.9. The minimum atomic E-state index is -3.12. The highest BCUT2D eigenvalue weighted by molar-refractivity contribution is 6.38. The first-order chi connectivity index (χ1) is 17.5. The molecule has 1 spiro atoms. The monoisotopic (exact) mass is 544 g/mol. The van der Waals surface area contributed by atoms with Crippen molar-refractivity contribution in [3.63, 3.8) is 0 Å². The van der Waals surface area contributed by atoms with Crippen molar-refractivity contribution in [2.24, 2.45) is 10.8 Å². The molecule has 4 amide bonds. The highest BCUT2D eigenvalue weighted by Gasteiger charge is 2.51. The molecule has 0 radical (unpaired) electrons. The molecule has 3 unspecified atom stereocenters. The summed E-state index contributed by atoms with van der Waals surface area (Å²) in [7, 11) is 0. The van der Waals surface area contributed by atoms with Crippen LogP contribution in [0.4, 0.5) is 13.6 Å². The van der Waals surface area contributed by atoms with Gasteiger partial charge >= 0.3 is 6.09 Å². The molecule has 10 nitrogen and oxygen atoms in total. The van der Waals surface area contributed by atoms with E-state index in [-0.39, 0.29) is 18.5 Å². The van der Waals surface area contributed by atoms with Crippen molar-refractivity contribution in [3.8, 4) is 0 Å². The minimum absolute atomic E-state index is 0.146. The number of halogens is 2. The van der Waals surface area contributed by atoms with E-state index in [1.165, 1.54) is 4.90 Å². The number of Topliss-reactive ketones (excluding diaryl/α,β-unsaturated/α-hetero) is 1. The van der Waals surface area contributed by atoms with Gasteiger partial charge in [0.25, 0.3) is 5.91 Å². The summed E-state index contributed by atoms with van der Waals surface area (Å²) < 4.78 is 27.2. The van der Waals surface area contributed by atoms with E-state index in [4.69, 9.17) is 0 Å². The largest absolute Gasteiger partial charge is 0.465 e. The summed E-state index contributed by atoms with van der Waals surface area (Å²) in [5, 5.41) is 16.5. The lowest BCUT2D eigenvalue weighted by molar-refractivity contribution is -0.144. The predicted molar refractivity (Wildman–Crippen MR) is 136 cm³/mol. The first kappa shape index (κ1) is 31.4. The fraction of sp³-hybridized carbons (Fsp3) is 0.808. The highest BCUT2D eigenvalue weighted by atomic mass is 19.3. The van der Waals surface area contributed by atoms with Crippen LogP contribution in [0.25, 0.3) is 0 Å². The molecule has 12 heteroatoms. The van der Waals surface area contributed by atoms with Gasteiger partial charge in [0.1, 0.15) is 12.1 Å². The second kappa shape index (κ2) is 12.4. The Balaban J connectivity index is 2.38. The molecule has 2 fully saturated rings. The molecule has 0 aromatic rings. The number of ketones is 1. The summed E-state index contributed by atoms with van der Waals surface area (Å²) in [5.74, 6) is -6.42. The zero-order valence-corrected chi connectivity index (χ0v) is 23.0. The molecule has 0 aromatic heterocycles. The van der Waals surface area contributed by atoms with E-state index in [1.807, 2.05) is 0 Å². The van der Waals surface area contributed by atoms with Gasteiger partial charge in [0.2, 0.25) is 23.5 Å². The normalized spacial score (nSPS) is 20.9. The van der Waals surface area contributed by atoms with E-state index in [1.54, 1.807) is 27.7 Å². The van der Waals surface area contributed by atoms with E-state index in [0.717, 1.165) is 32.1 Å². The first-order valence-corrected chi connectivity index (χ1v) is 13.3. The van der Waals surface area contributed by atoms with Gasteiger partial charge in [0.15, 0.2) is 0 Å². The maximum absolute atomic E-state index is 13.7. The van der Waals surface area contributed by atoms with Crippen molar-refractivity contribution < 1.29 is 37.9 Å². The van der Waals surface area contributed by atoms with Gasteiger partial charge in [-0.25, -0.2) is 13.6 Å². The predicted octanol–water partition coefficient (Wildman–Crippen LogP) is 2.85. The molecule has 1 aliphatic carbocycles. The maximum atomic E-state index is 13.7. The average molecular weight is 545 g/mol. The number of rotatable bonds is 10. The lowest BCUT2D eigenvalue weighted by Gasteiger charge is -2.36. The molecular weight excluding hydrogens is 502 g/mol. The fourth-order valence-corrected chi connectivity index (χ4v) is 5.46. The number of likely N-dealkylation sites (tertiary alicyclic amines) is 1. The van der Waals surface area contributed by atoms with Crippen molar-refractivity contribution >= 4 is 29.6 Å². The summed E-state index contributed by atoms with van der Waals surface area (Å²) in [5.41, 5.74) is -1.14. The van der Waals surface area contributed by atoms with Crippen molar-refractivity contribution in [1.82, 2.24) is 20.9 Å². The van der Waals surface area contributed by atoms with Crippen molar-refractivity contribution in [1.29, 1.82) is 0 Å². The molecule has 38 heavy (non-hydrogen) atoms. The third kappa shape index (κ3) is 8.36. The van der Waals surface area contributed by atoms with E-state index in [0.29, 0.717) is 13.3 Å². The molecule has 216 valence electrons. The van der Waals surface area contributed by atoms with Crippen LogP contribution in [0.2, 0.25) is 0 Å². The van der Waals surface area contributed by atoms with Crippen LogP contribution < -0.4 is 16.0 Å². The second-order valence-corrected chi connectivity index (χ2v) is 11.9. The number of hydrogen-bond donors (Lipinski definition) is 4. The van der Waals surface area contributed by atoms with Gasteiger partial charge in [0.05, 0.1) is 6.04 Å². The number of likely N-dealkylation sites (N-methyl/N-ethyl adjacent to an activating group) is 1. The Kier molecular flexibility index (Phi) is 10.2. The highest BCUT2D eigenvalue weighted by Crippen LogP contribution is 2.47. The molecule has 0 bridgehead atoms. The van der Waals surface area contributed by atoms with Crippen molar-refractivity contribution in [3.05, 3.63) is 0 Å². The van der Waals surface area contributed by atoms with Crippen LogP contribution in [0.1, 0.15) is 86.0 Å². The molecule has 1 heterocycles. The number of amides is 4. The molecule has 4 N–H and O–H groups in total. The van der Waals surface area contributed by atoms with Gasteiger partial charge in [0, 0.05) is 19.5 Å². The minimum Gasteiger partial charge on any atom is -0.465 e. The Bertz CT molecular complexity index is 908. The Morgan fingerprint density at radius 2 is 1.63 bits per heavy atom. The number of nitrogens with one attached hydrogen (secondary N) is 3. The van der Waals surface area contributed by atoms with Gasteiger partial charge in [-0.3, -0.25) is 19.2 Å². The average Bonchev–Trinajstić information content (AvgIpc) is 3.17. The van der Waals surface area contributed by atoms with Gasteiger partial charge in [-0.05, 0) is 50.4 Å². The van der Waals surface area contributed by atoms with E-state index >= 15 is 0 Å². The summed E-state index contributed by atoms with van der Waals surface area (Å²) in [6.45, 7) is 7.81. The molecule has 1 saturated carbocycles. The summed E-state index contributed by atoms with van der Waals surface area (Å²) >= 11 is 0. The van der Waals surface area contributed by atoms with Crippen LogP contribution in [-0.2, 0) is 19.2 Å². The molecular formula is C26H42F2N4O6. The van der Waals surface area contributed by atoms with E-state index < -0.39 is 71.9 Å². The quantitative estimate of drug-likeness (QED) is 0.311. The maximum Gasteiger partial charge on any atom is 0.405 e. The number of alkyl halides is 2. The Labute approximate surface area is 222 Å². The lowest BCUT2D eigenvalue weighted by Crippen LogP contribution is -2.59. The van der Waals surface area contributed by atoms with E-state index in [9.17, 15) is 37.9 Å². The van der Waals surface area contributed by atoms with Crippen LogP contribution >= 0.6 is 0 Å². The lowest BCUT2D eigenvalue weighted by atomic mass is 9.72. The number of carboxylic acid groups (broad SMARTS) is 1. The Hall–Kier alpha value is -2.79. The zero-order valence-electron chi connectivity index (χ0n) is 23.0. The molecule has 1 saturated heterocycles. The summed E-state index contributed by atoms with van der Waals surface area (Å²) in [6, 6.07) is -3.66. The molecule has 2 rings (SSSR count). The smallest absolute Gasteiger partial charge is 0.405 e. The molecule has 0 aromatic carbocycles. The zero-order chi connectivity index (χ0) is 28.9. The van der Waals surface area contributed by atoms with Crippen LogP contribution in [-0.4, -0.2) is 76.7 Å². The first-order valence-electron chi connectivity index (χ1n) is 13.3. The van der Waals surface area contributed by atoms with Crippen molar-refractivity contribution in [2.45, 2.75) is 110 Å². The van der Waals surface area contributed by atoms with Crippen LogP contribution in [0.3, 0.4) is 0 Å². The Morgan fingerprint density at radius 3 is 2.13 bits per heavy atom. The summed E-state index contributed by atoms with van der Waals surface area (Å²) in [4.78, 5) is 65.1. The number of hydrogen-bond acceptors (Lipinski definition) is 5. The van der Waals surface area contributed by atoms with Gasteiger partial charge in [-0.1, -0.05) is 40.0 Å². The summed E-state index contributed by atoms with van der Waals surface area (Å²) in [6.07, 6.45) is 2.21. The van der Waals surface area contributed by atoms with Gasteiger partial charge in [-0.2, -0.15) is 0 Å².